The third kappa shape index (κ3) is 5.92. The minimum Gasteiger partial charge on any atom is -0.349 e. The lowest BCUT2D eigenvalue weighted by molar-refractivity contribution is -0.126. The highest BCUT2D eigenvalue weighted by Crippen LogP contribution is 2.28. The van der Waals surface area contributed by atoms with Crippen LogP contribution >= 0.6 is 0 Å². The molecule has 0 unspecified atom stereocenters. The highest BCUT2D eigenvalue weighted by molar-refractivity contribution is 7.89. The number of nitrogens with zero attached hydrogens (tertiary/aromatic N) is 1. The molecular weight excluding hydrogens is 501 g/mol. The van der Waals surface area contributed by atoms with Gasteiger partial charge in [-0.15, -0.1) is 0 Å². The summed E-state index contributed by atoms with van der Waals surface area (Å²) in [4.78, 5) is 17.7. The van der Waals surface area contributed by atoms with E-state index in [0.717, 1.165) is 27.7 Å². The molecule has 1 aliphatic carbocycles. The molecule has 1 amide bonds. The van der Waals surface area contributed by atoms with E-state index in [0.29, 0.717) is 25.7 Å². The van der Waals surface area contributed by atoms with Crippen LogP contribution in [0.3, 0.4) is 0 Å². The molecule has 1 saturated carbocycles. The van der Waals surface area contributed by atoms with E-state index < -0.39 is 10.0 Å². The van der Waals surface area contributed by atoms with Crippen molar-refractivity contribution in [3.63, 3.8) is 0 Å². The van der Waals surface area contributed by atoms with Crippen LogP contribution in [0.4, 0.5) is 4.39 Å². The average molecular weight is 532 g/mol. The predicted octanol–water partition coefficient (Wildman–Crippen LogP) is 5.76. The van der Waals surface area contributed by atoms with Gasteiger partial charge in [0, 0.05) is 22.9 Å². The summed E-state index contributed by atoms with van der Waals surface area (Å²) in [6.07, 6.45) is 2.35. The van der Waals surface area contributed by atoms with E-state index >= 15 is 0 Å². The van der Waals surface area contributed by atoms with E-state index in [1.54, 1.807) is 30.3 Å². The quantitative estimate of drug-likeness (QED) is 0.318. The maximum Gasteiger partial charge on any atom is 0.240 e. The molecule has 1 aliphatic rings. The number of aromatic nitrogens is 1. The van der Waals surface area contributed by atoms with Gasteiger partial charge in [0.2, 0.25) is 15.9 Å². The molecule has 1 heterocycles. The molecule has 0 aliphatic heterocycles. The molecule has 38 heavy (non-hydrogen) atoms. The number of carbonyl (C=O) groups excluding carboxylic acids is 1. The number of hydrogen-bond donors (Lipinski definition) is 2. The highest BCUT2D eigenvalue weighted by Gasteiger charge is 2.30. The van der Waals surface area contributed by atoms with Crippen LogP contribution in [0.1, 0.15) is 44.2 Å². The van der Waals surface area contributed by atoms with Crippen LogP contribution in [0.25, 0.3) is 22.2 Å². The van der Waals surface area contributed by atoms with E-state index in [4.69, 9.17) is 0 Å². The van der Waals surface area contributed by atoms with Crippen LogP contribution in [0, 0.1) is 11.7 Å². The minimum atomic E-state index is -3.72. The number of rotatable bonds is 7. The number of halogens is 1. The molecule has 196 valence electrons. The van der Waals surface area contributed by atoms with Gasteiger partial charge in [0.1, 0.15) is 5.82 Å². The Bertz CT molecular complexity index is 1530. The van der Waals surface area contributed by atoms with Crippen LogP contribution < -0.4 is 10.0 Å². The molecule has 2 N–H and O–H groups in total. The monoisotopic (exact) mass is 531 g/mol. The average Bonchev–Trinajstić information content (AvgIpc) is 2.93. The lowest BCUT2D eigenvalue weighted by Gasteiger charge is -2.29. The molecule has 1 fully saturated rings. The molecule has 1 aromatic heterocycles. The first-order valence-corrected chi connectivity index (χ1v) is 14.3. The summed E-state index contributed by atoms with van der Waals surface area (Å²) in [6, 6.07) is 24.2. The molecule has 4 aromatic rings. The Morgan fingerprint density at radius 2 is 1.63 bits per heavy atom. The van der Waals surface area contributed by atoms with Crippen molar-refractivity contribution < 1.29 is 17.6 Å². The maximum atomic E-state index is 13.2. The van der Waals surface area contributed by atoms with Crippen molar-refractivity contribution in [2.75, 3.05) is 0 Å². The van der Waals surface area contributed by atoms with Crippen molar-refractivity contribution in [2.24, 2.45) is 5.92 Å². The Hall–Kier alpha value is -3.62. The van der Waals surface area contributed by atoms with Gasteiger partial charge in [-0.25, -0.2) is 22.5 Å². The molecule has 0 bridgehead atoms. The van der Waals surface area contributed by atoms with E-state index in [9.17, 15) is 17.6 Å². The number of benzene rings is 3. The Morgan fingerprint density at radius 3 is 2.34 bits per heavy atom. The van der Waals surface area contributed by atoms with Crippen molar-refractivity contribution in [3.05, 3.63) is 96.3 Å². The van der Waals surface area contributed by atoms with E-state index in [1.807, 2.05) is 49.4 Å². The van der Waals surface area contributed by atoms with Crippen LogP contribution in [-0.4, -0.2) is 25.4 Å². The molecule has 3 aromatic carbocycles. The van der Waals surface area contributed by atoms with Gasteiger partial charge >= 0.3 is 0 Å². The van der Waals surface area contributed by atoms with Crippen molar-refractivity contribution in [1.29, 1.82) is 0 Å². The second-order valence-electron chi connectivity index (χ2n) is 9.87. The van der Waals surface area contributed by atoms with Crippen molar-refractivity contribution >= 4 is 26.8 Å². The fraction of sp³-hybridized carbons (Fsp3) is 0.267. The second kappa shape index (κ2) is 11.0. The number of amides is 1. The maximum absolute atomic E-state index is 13.2. The van der Waals surface area contributed by atoms with Gasteiger partial charge < -0.3 is 5.32 Å². The van der Waals surface area contributed by atoms with Gasteiger partial charge in [0.05, 0.1) is 22.1 Å². The largest absolute Gasteiger partial charge is 0.349 e. The number of nitrogens with one attached hydrogen (secondary N) is 2. The van der Waals surface area contributed by atoms with Crippen LogP contribution in [0.15, 0.2) is 89.8 Å². The summed E-state index contributed by atoms with van der Waals surface area (Å²) in [6.45, 7) is 1.87. The van der Waals surface area contributed by atoms with Crippen LogP contribution in [-0.2, 0) is 14.8 Å². The number of hydrogen-bond acceptors (Lipinski definition) is 4. The first-order valence-electron chi connectivity index (χ1n) is 12.8. The van der Waals surface area contributed by atoms with E-state index in [2.05, 4.69) is 15.0 Å². The number of carbonyl (C=O) groups is 1. The van der Waals surface area contributed by atoms with Crippen molar-refractivity contribution in [1.82, 2.24) is 15.0 Å². The predicted molar refractivity (Wildman–Crippen MR) is 146 cm³/mol. The normalized spacial score (nSPS) is 18.7. The molecular formula is C30H30FN3O3S. The lowest BCUT2D eigenvalue weighted by atomic mass is 9.85. The number of fused-ring (bicyclic) bond motifs is 1. The fourth-order valence-corrected chi connectivity index (χ4v) is 6.31. The summed E-state index contributed by atoms with van der Waals surface area (Å²) < 4.78 is 42.3. The lowest BCUT2D eigenvalue weighted by Crippen LogP contribution is -2.41. The van der Waals surface area contributed by atoms with Gasteiger partial charge in [-0.3, -0.25) is 4.79 Å². The molecule has 0 radical (unpaired) electrons. The third-order valence-electron chi connectivity index (χ3n) is 7.19. The van der Waals surface area contributed by atoms with Crippen LogP contribution in [0.5, 0.6) is 0 Å². The zero-order valence-electron chi connectivity index (χ0n) is 21.1. The fourth-order valence-electron chi connectivity index (χ4n) is 4.97. The molecule has 8 heteroatoms. The Kier molecular flexibility index (Phi) is 7.53. The van der Waals surface area contributed by atoms with E-state index in [1.165, 1.54) is 12.1 Å². The van der Waals surface area contributed by atoms with Gasteiger partial charge in [0.25, 0.3) is 0 Å². The molecule has 6 nitrogen and oxygen atoms in total. The van der Waals surface area contributed by atoms with Crippen molar-refractivity contribution in [2.45, 2.75) is 49.6 Å². The Balaban J connectivity index is 1.19. The Labute approximate surface area is 222 Å². The van der Waals surface area contributed by atoms with Gasteiger partial charge in [-0.05, 0) is 74.6 Å². The summed E-state index contributed by atoms with van der Waals surface area (Å²) >= 11 is 0. The van der Waals surface area contributed by atoms with Crippen LogP contribution in [0.2, 0.25) is 0 Å². The summed E-state index contributed by atoms with van der Waals surface area (Å²) in [5.41, 5.74) is 3.40. The molecule has 5 rings (SSSR count). The first-order chi connectivity index (χ1) is 18.3. The first kappa shape index (κ1) is 26.0. The van der Waals surface area contributed by atoms with Gasteiger partial charge in [-0.1, -0.05) is 48.5 Å². The van der Waals surface area contributed by atoms with Gasteiger partial charge in [-0.2, -0.15) is 0 Å². The second-order valence-corrected chi connectivity index (χ2v) is 11.6. The molecule has 1 atom stereocenters. The Morgan fingerprint density at radius 1 is 0.921 bits per heavy atom. The highest BCUT2D eigenvalue weighted by atomic mass is 32.2. The van der Waals surface area contributed by atoms with Crippen molar-refractivity contribution in [3.8, 4) is 11.3 Å². The summed E-state index contributed by atoms with van der Waals surface area (Å²) in [7, 11) is -3.72. The zero-order chi connectivity index (χ0) is 26.7. The summed E-state index contributed by atoms with van der Waals surface area (Å²) in [5, 5.41) is 3.75. The third-order valence-corrected chi connectivity index (χ3v) is 8.71. The smallest absolute Gasteiger partial charge is 0.240 e. The minimum absolute atomic E-state index is 0.0555. The molecule has 0 saturated heterocycles. The zero-order valence-corrected chi connectivity index (χ0v) is 21.9. The molecule has 0 spiro atoms. The topological polar surface area (TPSA) is 88.2 Å². The standard InChI is InChI=1S/C30H30FN3O3S/c1-20(21-7-12-25(31)13-8-21)32-30(35)23-9-14-26(15-10-23)34-38(36,37)27-16-18-29-24(19-27)11-17-28(33-29)22-5-3-2-4-6-22/h2-8,11-13,16-20,23,26,34H,9-10,14-15H2,1H3,(H,32,35)/t20-,23?,26?/m1/s1. The number of pyridine rings is 1. The van der Waals surface area contributed by atoms with Gasteiger partial charge in [0.15, 0.2) is 0 Å². The van der Waals surface area contributed by atoms with E-state index in [-0.39, 0.29) is 34.6 Å². The SMILES string of the molecule is C[C@@H](NC(=O)C1CCC(NS(=O)(=O)c2ccc3nc(-c4ccccc4)ccc3c2)CC1)c1ccc(F)cc1. The summed E-state index contributed by atoms with van der Waals surface area (Å²) in [5.74, 6) is -0.546. The number of sulfonamides is 1.